The van der Waals surface area contributed by atoms with Crippen LogP contribution in [0.1, 0.15) is 38.2 Å². The average molecular weight is 303 g/mol. The molecule has 2 aliphatic rings. The van der Waals surface area contributed by atoms with Gasteiger partial charge in [-0.05, 0) is 56.9 Å². The fourth-order valence-electron chi connectivity index (χ4n) is 2.83. The van der Waals surface area contributed by atoms with Crippen LogP contribution in [0.5, 0.6) is 11.5 Å². The van der Waals surface area contributed by atoms with Crippen molar-refractivity contribution in [2.24, 2.45) is 0 Å². The molecule has 1 heterocycles. The first-order valence-corrected chi connectivity index (χ1v) is 7.62. The molecule has 5 heteroatoms. The molecule has 0 bridgehead atoms. The van der Waals surface area contributed by atoms with Crippen LogP contribution in [0.3, 0.4) is 0 Å². The average Bonchev–Trinajstić information content (AvgIpc) is 3.18. The van der Waals surface area contributed by atoms with Gasteiger partial charge in [-0.15, -0.1) is 0 Å². The minimum Gasteiger partial charge on any atom is -0.493 e. The van der Waals surface area contributed by atoms with Crippen molar-refractivity contribution in [1.82, 2.24) is 5.48 Å². The Hall–Kier alpha value is -2.01. The number of benzene rings is 1. The van der Waals surface area contributed by atoms with E-state index in [9.17, 15) is 4.79 Å². The van der Waals surface area contributed by atoms with Crippen molar-refractivity contribution in [1.29, 1.82) is 0 Å². The van der Waals surface area contributed by atoms with Crippen molar-refractivity contribution in [2.75, 3.05) is 7.11 Å². The van der Waals surface area contributed by atoms with Gasteiger partial charge in [-0.1, -0.05) is 0 Å². The summed E-state index contributed by atoms with van der Waals surface area (Å²) in [6.45, 7) is 1.71. The first-order valence-electron chi connectivity index (χ1n) is 7.62. The summed E-state index contributed by atoms with van der Waals surface area (Å²) in [5.74, 6) is 1.45. The highest BCUT2D eigenvalue weighted by Gasteiger charge is 2.30. The van der Waals surface area contributed by atoms with Gasteiger partial charge in [0.05, 0.1) is 18.9 Å². The van der Waals surface area contributed by atoms with E-state index in [4.69, 9.17) is 14.3 Å². The molecule has 22 heavy (non-hydrogen) atoms. The van der Waals surface area contributed by atoms with Gasteiger partial charge in [0.2, 0.25) is 0 Å². The summed E-state index contributed by atoms with van der Waals surface area (Å²) >= 11 is 0. The van der Waals surface area contributed by atoms with E-state index in [1.54, 1.807) is 20.1 Å². The Kier molecular flexibility index (Phi) is 4.07. The molecule has 1 aliphatic heterocycles. The Labute approximate surface area is 130 Å². The molecule has 3 rings (SSSR count). The van der Waals surface area contributed by atoms with Gasteiger partial charge >= 0.3 is 0 Å². The Morgan fingerprint density at radius 2 is 2.09 bits per heavy atom. The lowest BCUT2D eigenvalue weighted by molar-refractivity contribution is -0.125. The van der Waals surface area contributed by atoms with Crippen LogP contribution in [0.4, 0.5) is 0 Å². The number of aldehydes is 1. The molecule has 1 aromatic rings. The van der Waals surface area contributed by atoms with Crippen LogP contribution in [0.2, 0.25) is 0 Å². The van der Waals surface area contributed by atoms with Gasteiger partial charge in [0.15, 0.2) is 23.4 Å². The summed E-state index contributed by atoms with van der Waals surface area (Å²) < 4.78 is 11.5. The van der Waals surface area contributed by atoms with Gasteiger partial charge in [0.25, 0.3) is 0 Å². The highest BCUT2D eigenvalue weighted by Crippen LogP contribution is 2.35. The number of hydroxylamine groups is 1. The largest absolute Gasteiger partial charge is 0.493 e. The predicted molar refractivity (Wildman–Crippen MR) is 82.5 cm³/mol. The molecule has 1 N–H and O–H groups in total. The van der Waals surface area contributed by atoms with Crippen LogP contribution in [-0.2, 0) is 9.63 Å². The first kappa shape index (κ1) is 14.9. The number of hydrogen-bond donors (Lipinski definition) is 1. The number of carbonyl (C=O) groups excluding carboxylic acids is 1. The monoisotopic (exact) mass is 303 g/mol. The van der Waals surface area contributed by atoms with E-state index in [-0.39, 0.29) is 6.10 Å². The van der Waals surface area contributed by atoms with Gasteiger partial charge in [-0.2, -0.15) is 0 Å². The molecule has 1 unspecified atom stereocenters. The third kappa shape index (κ3) is 2.95. The number of methoxy groups -OCH3 is 1. The second-order valence-corrected chi connectivity index (χ2v) is 5.95. The highest BCUT2D eigenvalue weighted by atomic mass is 16.7. The zero-order valence-electron chi connectivity index (χ0n) is 12.9. The smallest absolute Gasteiger partial charge is 0.168 e. The molecule has 1 aliphatic carbocycles. The normalized spacial score (nSPS) is 24.7. The quantitative estimate of drug-likeness (QED) is 0.848. The molecule has 5 nitrogen and oxygen atoms in total. The van der Waals surface area contributed by atoms with Crippen molar-refractivity contribution in [3.63, 3.8) is 0 Å². The number of nitrogens with one attached hydrogen (secondary N) is 1. The molecule has 0 amide bonds. The van der Waals surface area contributed by atoms with E-state index in [1.807, 2.05) is 18.2 Å². The van der Waals surface area contributed by atoms with Crippen LogP contribution >= 0.6 is 0 Å². The Balaban J connectivity index is 1.86. The molecule has 1 fully saturated rings. The van der Waals surface area contributed by atoms with Crippen molar-refractivity contribution in [3.05, 3.63) is 29.8 Å². The minimum atomic E-state index is -0.929. The molecule has 0 aromatic heterocycles. The lowest BCUT2D eigenvalue weighted by Crippen LogP contribution is -2.26. The van der Waals surface area contributed by atoms with Crippen LogP contribution in [0.25, 0.3) is 5.70 Å². The van der Waals surface area contributed by atoms with E-state index in [0.717, 1.165) is 36.1 Å². The summed E-state index contributed by atoms with van der Waals surface area (Å²) in [7, 11) is 1.64. The Bertz CT molecular complexity index is 592. The van der Waals surface area contributed by atoms with Crippen LogP contribution in [0, 0.1) is 0 Å². The van der Waals surface area contributed by atoms with E-state index >= 15 is 0 Å². The second-order valence-electron chi connectivity index (χ2n) is 5.95. The Morgan fingerprint density at radius 1 is 1.32 bits per heavy atom. The minimum absolute atomic E-state index is 0.256. The van der Waals surface area contributed by atoms with E-state index < -0.39 is 5.60 Å². The summed E-state index contributed by atoms with van der Waals surface area (Å²) in [5, 5.41) is 0. The number of rotatable bonds is 5. The van der Waals surface area contributed by atoms with Crippen molar-refractivity contribution in [2.45, 2.75) is 44.3 Å². The molecule has 118 valence electrons. The predicted octanol–water partition coefficient (Wildman–Crippen LogP) is 2.85. The van der Waals surface area contributed by atoms with E-state index in [1.165, 1.54) is 12.8 Å². The van der Waals surface area contributed by atoms with Gasteiger partial charge in [-0.25, -0.2) is 0 Å². The van der Waals surface area contributed by atoms with Crippen molar-refractivity contribution < 1.29 is 19.1 Å². The molecular formula is C17H21NO4. The fourth-order valence-corrected chi connectivity index (χ4v) is 2.83. The summed E-state index contributed by atoms with van der Waals surface area (Å²) in [6.07, 6.45) is 7.39. The molecule has 1 saturated carbocycles. The number of carbonyl (C=O) groups is 1. The first-order chi connectivity index (χ1) is 10.6. The maximum atomic E-state index is 11.0. The molecule has 0 saturated heterocycles. The lowest BCUT2D eigenvalue weighted by Gasteiger charge is -2.17. The molecule has 1 aromatic carbocycles. The van der Waals surface area contributed by atoms with Gasteiger partial charge in [-0.3, -0.25) is 15.1 Å². The third-order valence-corrected chi connectivity index (χ3v) is 4.12. The molecule has 0 radical (unpaired) electrons. The molecular weight excluding hydrogens is 282 g/mol. The van der Waals surface area contributed by atoms with Gasteiger partial charge in [0, 0.05) is 5.56 Å². The highest BCUT2D eigenvalue weighted by molar-refractivity contribution is 5.76. The zero-order valence-corrected chi connectivity index (χ0v) is 12.9. The summed E-state index contributed by atoms with van der Waals surface area (Å²) in [6, 6.07) is 5.72. The molecule has 1 atom stereocenters. The SMILES string of the molecule is COc1ccc(C2=CC(C)(C=O)ON2)cc1OC1CCCC1. The van der Waals surface area contributed by atoms with Gasteiger partial charge < -0.3 is 9.47 Å². The number of hydrogen-bond acceptors (Lipinski definition) is 5. The Morgan fingerprint density at radius 3 is 2.73 bits per heavy atom. The maximum absolute atomic E-state index is 11.0. The van der Waals surface area contributed by atoms with Crippen molar-refractivity contribution >= 4 is 12.0 Å². The third-order valence-electron chi connectivity index (χ3n) is 4.12. The van der Waals surface area contributed by atoms with Gasteiger partial charge in [0.1, 0.15) is 0 Å². The summed E-state index contributed by atoms with van der Waals surface area (Å²) in [4.78, 5) is 16.4. The maximum Gasteiger partial charge on any atom is 0.168 e. The number of ether oxygens (including phenoxy) is 2. The van der Waals surface area contributed by atoms with Crippen LogP contribution < -0.4 is 15.0 Å². The summed E-state index contributed by atoms with van der Waals surface area (Å²) in [5.41, 5.74) is 3.54. The second kappa shape index (κ2) is 6.01. The molecule has 0 spiro atoms. The zero-order chi connectivity index (χ0) is 15.6. The fraction of sp³-hybridized carbons (Fsp3) is 0.471. The van der Waals surface area contributed by atoms with Crippen molar-refractivity contribution in [3.8, 4) is 11.5 Å². The van der Waals surface area contributed by atoms with Crippen LogP contribution in [0.15, 0.2) is 24.3 Å². The van der Waals surface area contributed by atoms with E-state index in [0.29, 0.717) is 5.75 Å². The van der Waals surface area contributed by atoms with E-state index in [2.05, 4.69) is 5.48 Å². The standard InChI is InChI=1S/C17H21NO4/c1-17(11-19)10-14(18-22-17)12-7-8-15(20-2)16(9-12)21-13-5-3-4-6-13/h7-11,13,18H,3-6H2,1-2H3. The lowest BCUT2D eigenvalue weighted by atomic mass is 10.0. The topological polar surface area (TPSA) is 56.8 Å². The van der Waals surface area contributed by atoms with Crippen LogP contribution in [-0.4, -0.2) is 25.1 Å².